The smallest absolute Gasteiger partial charge is 0.348 e. The summed E-state index contributed by atoms with van der Waals surface area (Å²) >= 11 is 1.16. The molecule has 2 fully saturated rings. The maximum absolute atomic E-state index is 13.7. The van der Waals surface area contributed by atoms with Crippen LogP contribution in [0.4, 0.5) is 5.69 Å². The summed E-state index contributed by atoms with van der Waals surface area (Å²) in [5.41, 5.74) is 1.03. The number of carboxylic acid groups (broad SMARTS) is 1. The first-order chi connectivity index (χ1) is 14.5. The van der Waals surface area contributed by atoms with E-state index in [0.717, 1.165) is 42.7 Å². The van der Waals surface area contributed by atoms with Crippen LogP contribution >= 0.6 is 11.3 Å². The van der Waals surface area contributed by atoms with Crippen molar-refractivity contribution in [2.24, 2.45) is 17.3 Å². The predicted octanol–water partition coefficient (Wildman–Crippen LogP) is 5.97. The molecule has 1 aromatic rings. The Hall–Kier alpha value is -2.13. The topological polar surface area (TPSA) is 81.5 Å². The van der Waals surface area contributed by atoms with Gasteiger partial charge in [-0.3, -0.25) is 4.79 Å². The molecule has 0 unspecified atom stereocenters. The van der Waals surface area contributed by atoms with Crippen LogP contribution in [-0.2, 0) is 4.79 Å². The summed E-state index contributed by atoms with van der Waals surface area (Å²) in [5.74, 6) is 5.93. The fraction of sp³-hybridized carbons (Fsp3) is 0.640. The third-order valence-corrected chi connectivity index (χ3v) is 7.28. The summed E-state index contributed by atoms with van der Waals surface area (Å²) < 4.78 is 0. The number of aromatic carboxylic acids is 1. The van der Waals surface area contributed by atoms with Crippen LogP contribution in [0.15, 0.2) is 6.07 Å². The van der Waals surface area contributed by atoms with Crippen molar-refractivity contribution in [1.82, 2.24) is 0 Å². The highest BCUT2D eigenvalue weighted by molar-refractivity contribution is 7.15. The van der Waals surface area contributed by atoms with Crippen molar-refractivity contribution < 1.29 is 14.7 Å². The van der Waals surface area contributed by atoms with Gasteiger partial charge in [-0.25, -0.2) is 4.79 Å². The van der Waals surface area contributed by atoms with Gasteiger partial charge in [0.05, 0.1) is 10.6 Å². The van der Waals surface area contributed by atoms with Crippen molar-refractivity contribution in [2.75, 3.05) is 4.90 Å². The van der Waals surface area contributed by atoms with E-state index in [0.29, 0.717) is 42.2 Å². The number of rotatable bonds is 4. The van der Waals surface area contributed by atoms with Gasteiger partial charge in [-0.2, -0.15) is 0 Å². The minimum absolute atomic E-state index is 0.0526. The van der Waals surface area contributed by atoms with Crippen molar-refractivity contribution >= 4 is 34.6 Å². The van der Waals surface area contributed by atoms with Gasteiger partial charge in [-0.1, -0.05) is 18.8 Å². The minimum atomic E-state index is -1.01. The first-order valence-electron chi connectivity index (χ1n) is 11.3. The van der Waals surface area contributed by atoms with Crippen LogP contribution in [0.1, 0.15) is 93.6 Å². The number of carbonyl (C=O) groups excluding carboxylic acids is 1. The normalized spacial score (nSPS) is 24.3. The number of hydrogen-bond acceptors (Lipinski definition) is 4. The molecule has 0 atom stereocenters. The van der Waals surface area contributed by atoms with Crippen molar-refractivity contribution in [3.63, 3.8) is 0 Å². The Morgan fingerprint density at radius 2 is 1.74 bits per heavy atom. The number of nitrogens with one attached hydrogen (secondary N) is 1. The van der Waals surface area contributed by atoms with Gasteiger partial charge in [-0.05, 0) is 84.1 Å². The van der Waals surface area contributed by atoms with Gasteiger partial charge in [-0.15, -0.1) is 11.3 Å². The second-order valence-corrected chi connectivity index (χ2v) is 11.2. The molecule has 0 aliphatic heterocycles. The molecule has 1 amide bonds. The van der Waals surface area contributed by atoms with E-state index in [9.17, 15) is 14.7 Å². The third kappa shape index (κ3) is 5.98. The summed E-state index contributed by atoms with van der Waals surface area (Å²) in [6, 6.07) is 1.74. The number of carboxylic acids is 1. The van der Waals surface area contributed by atoms with Crippen molar-refractivity contribution in [1.29, 1.82) is 5.41 Å². The third-order valence-electron chi connectivity index (χ3n) is 6.25. The van der Waals surface area contributed by atoms with Crippen LogP contribution in [0.25, 0.3) is 0 Å². The van der Waals surface area contributed by atoms with Crippen molar-refractivity contribution in [2.45, 2.75) is 85.1 Å². The standard InChI is InChI=1S/C25H34N2O3S/c1-16-5-7-17(8-6-16)23(28)27(19-11-9-18(26)10-12-19)21-15-20(13-14-25(2,3)4)31-22(21)24(29)30/h15-17,19,26H,5-12H2,1-4H3,(H,29,30)/t16-,17-,19?. The molecule has 6 heteroatoms. The summed E-state index contributed by atoms with van der Waals surface area (Å²) in [6.07, 6.45) is 6.56. The number of nitrogens with zero attached hydrogens (tertiary/aromatic N) is 1. The zero-order valence-electron chi connectivity index (χ0n) is 19.1. The van der Waals surface area contributed by atoms with Crippen molar-refractivity contribution in [3.8, 4) is 11.8 Å². The molecule has 0 radical (unpaired) electrons. The quantitative estimate of drug-likeness (QED) is 0.564. The van der Waals surface area contributed by atoms with E-state index in [1.165, 1.54) is 0 Å². The lowest BCUT2D eigenvalue weighted by Crippen LogP contribution is -2.46. The Balaban J connectivity index is 2.00. The van der Waals surface area contributed by atoms with Gasteiger partial charge in [0.1, 0.15) is 4.88 Å². The Morgan fingerprint density at radius 1 is 1.13 bits per heavy atom. The van der Waals surface area contributed by atoms with E-state index in [2.05, 4.69) is 18.8 Å². The first kappa shape index (κ1) is 23.5. The maximum atomic E-state index is 13.7. The summed E-state index contributed by atoms with van der Waals surface area (Å²) in [7, 11) is 0. The molecule has 1 aromatic heterocycles. The number of carbonyl (C=O) groups is 2. The molecule has 2 saturated carbocycles. The Bertz CT molecular complexity index is 897. The Labute approximate surface area is 189 Å². The number of amides is 1. The molecule has 5 nitrogen and oxygen atoms in total. The molecular weight excluding hydrogens is 408 g/mol. The van der Waals surface area contributed by atoms with Crippen LogP contribution in [0, 0.1) is 34.5 Å². The van der Waals surface area contributed by atoms with E-state index in [-0.39, 0.29) is 28.2 Å². The molecule has 3 rings (SSSR count). The lowest BCUT2D eigenvalue weighted by molar-refractivity contribution is -0.124. The van der Waals surface area contributed by atoms with E-state index < -0.39 is 5.97 Å². The highest BCUT2D eigenvalue weighted by atomic mass is 32.1. The molecule has 0 spiro atoms. The first-order valence-corrected chi connectivity index (χ1v) is 12.2. The largest absolute Gasteiger partial charge is 0.477 e. The summed E-state index contributed by atoms with van der Waals surface area (Å²) in [6.45, 7) is 8.28. The molecule has 2 N–H and O–H groups in total. The van der Waals surface area contributed by atoms with Crippen LogP contribution in [-0.4, -0.2) is 28.7 Å². The van der Waals surface area contributed by atoms with E-state index in [1.54, 1.807) is 11.0 Å². The summed E-state index contributed by atoms with van der Waals surface area (Å²) in [4.78, 5) is 28.5. The predicted molar refractivity (Wildman–Crippen MR) is 126 cm³/mol. The number of thiophene rings is 1. The fourth-order valence-electron chi connectivity index (χ4n) is 4.43. The Morgan fingerprint density at radius 3 is 2.29 bits per heavy atom. The van der Waals surface area contributed by atoms with Gasteiger partial charge in [0.2, 0.25) is 5.91 Å². The monoisotopic (exact) mass is 442 g/mol. The lowest BCUT2D eigenvalue weighted by Gasteiger charge is -2.38. The number of anilines is 1. The van der Waals surface area contributed by atoms with Gasteiger partial charge < -0.3 is 15.4 Å². The van der Waals surface area contributed by atoms with Gasteiger partial charge in [0.15, 0.2) is 0 Å². The van der Waals surface area contributed by atoms with Gasteiger partial charge in [0, 0.05) is 23.1 Å². The molecule has 0 saturated heterocycles. The van der Waals surface area contributed by atoms with Crippen molar-refractivity contribution in [3.05, 3.63) is 15.8 Å². The van der Waals surface area contributed by atoms with Crippen LogP contribution in [0.3, 0.4) is 0 Å². The maximum Gasteiger partial charge on any atom is 0.348 e. The highest BCUT2D eigenvalue weighted by Gasteiger charge is 2.36. The van der Waals surface area contributed by atoms with E-state index in [4.69, 9.17) is 5.41 Å². The molecule has 168 valence electrons. The van der Waals surface area contributed by atoms with Crippen LogP contribution in [0.5, 0.6) is 0 Å². The van der Waals surface area contributed by atoms with Gasteiger partial charge >= 0.3 is 5.97 Å². The lowest BCUT2D eigenvalue weighted by atomic mass is 9.81. The second-order valence-electron chi connectivity index (χ2n) is 10.1. The van der Waals surface area contributed by atoms with Gasteiger partial charge in [0.25, 0.3) is 0 Å². The number of hydrogen-bond donors (Lipinski definition) is 2. The molecule has 31 heavy (non-hydrogen) atoms. The molecule has 1 heterocycles. The highest BCUT2D eigenvalue weighted by Crippen LogP contribution is 2.38. The molecule has 2 aliphatic rings. The average Bonchev–Trinajstić information content (AvgIpc) is 3.12. The van der Waals surface area contributed by atoms with E-state index in [1.807, 2.05) is 20.8 Å². The molecule has 0 aromatic carbocycles. The zero-order valence-corrected chi connectivity index (χ0v) is 19.9. The van der Waals surface area contributed by atoms with E-state index >= 15 is 0 Å². The fourth-order valence-corrected chi connectivity index (χ4v) is 5.27. The van der Waals surface area contributed by atoms with Crippen LogP contribution < -0.4 is 4.90 Å². The zero-order chi connectivity index (χ0) is 22.8. The summed E-state index contributed by atoms with van der Waals surface area (Å²) in [5, 5.41) is 17.9. The SMILES string of the molecule is CC(C)(C)C#Cc1cc(N(C(=O)[C@H]2CC[C@H](C)CC2)C2CCC(=N)CC2)c(C(=O)O)s1. The van der Waals surface area contributed by atoms with Crippen LogP contribution in [0.2, 0.25) is 0 Å². The molecular formula is C25H34N2O3S. The average molecular weight is 443 g/mol. The Kier molecular flexibility index (Phi) is 7.26. The molecule has 0 bridgehead atoms. The molecule has 2 aliphatic carbocycles. The minimum Gasteiger partial charge on any atom is -0.477 e. The second kappa shape index (κ2) is 9.56.